The second-order valence-electron chi connectivity index (χ2n) is 5.11. The number of benzene rings is 1. The third-order valence-corrected chi connectivity index (χ3v) is 3.38. The largest absolute Gasteiger partial charge is 0.490 e. The van der Waals surface area contributed by atoms with Crippen molar-refractivity contribution in [1.29, 1.82) is 0 Å². The maximum Gasteiger partial charge on any atom is 0.488 e. The van der Waals surface area contributed by atoms with Gasteiger partial charge in [-0.3, -0.25) is 0 Å². The minimum Gasteiger partial charge on any atom is -0.490 e. The van der Waals surface area contributed by atoms with Crippen LogP contribution in [0.15, 0.2) is 18.2 Å². The molecule has 0 aliphatic heterocycles. The van der Waals surface area contributed by atoms with Gasteiger partial charge in [-0.05, 0) is 42.8 Å². The van der Waals surface area contributed by atoms with Gasteiger partial charge in [0, 0.05) is 6.07 Å². The van der Waals surface area contributed by atoms with Crippen LogP contribution in [0.4, 0.5) is 4.39 Å². The molecule has 2 rings (SSSR count). The van der Waals surface area contributed by atoms with Crippen molar-refractivity contribution < 1.29 is 19.2 Å². The van der Waals surface area contributed by atoms with Gasteiger partial charge in [0.2, 0.25) is 0 Å². The maximum atomic E-state index is 13.3. The number of halogens is 1. The Balaban J connectivity index is 2.08. The molecule has 0 bridgehead atoms. The van der Waals surface area contributed by atoms with Crippen LogP contribution in [0.1, 0.15) is 32.6 Å². The summed E-state index contributed by atoms with van der Waals surface area (Å²) in [6.07, 6.45) is 4.37. The monoisotopic (exact) mass is 252 g/mol. The van der Waals surface area contributed by atoms with Gasteiger partial charge in [-0.2, -0.15) is 0 Å². The van der Waals surface area contributed by atoms with Crippen molar-refractivity contribution in [1.82, 2.24) is 0 Å². The highest BCUT2D eigenvalue weighted by atomic mass is 19.1. The van der Waals surface area contributed by atoms with Gasteiger partial charge in [-0.1, -0.05) is 13.3 Å². The molecule has 98 valence electrons. The average Bonchev–Trinajstić information content (AvgIpc) is 2.28. The number of rotatable bonds is 3. The fourth-order valence-electron chi connectivity index (χ4n) is 2.48. The summed E-state index contributed by atoms with van der Waals surface area (Å²) in [4.78, 5) is 0. The van der Waals surface area contributed by atoms with Crippen LogP contribution in [0.3, 0.4) is 0 Å². The van der Waals surface area contributed by atoms with Crippen LogP contribution in [-0.2, 0) is 0 Å². The van der Waals surface area contributed by atoms with Crippen LogP contribution in [0.5, 0.6) is 5.75 Å². The fourth-order valence-corrected chi connectivity index (χ4v) is 2.48. The second-order valence-corrected chi connectivity index (χ2v) is 5.11. The van der Waals surface area contributed by atoms with Crippen molar-refractivity contribution in [2.24, 2.45) is 5.92 Å². The van der Waals surface area contributed by atoms with Gasteiger partial charge < -0.3 is 14.8 Å². The summed E-state index contributed by atoms with van der Waals surface area (Å²) < 4.78 is 19.1. The first-order valence-electron chi connectivity index (χ1n) is 6.38. The standard InChI is InChI=1S/C13H18BFO3/c1-9-3-2-4-12(5-9)18-13-7-10(14(16)17)6-11(15)8-13/h6-9,12,16-17H,2-5H2,1H3. The first-order valence-corrected chi connectivity index (χ1v) is 6.38. The molecule has 0 spiro atoms. The fraction of sp³-hybridized carbons (Fsp3) is 0.538. The Bertz CT molecular complexity index is 411. The molecule has 1 aliphatic carbocycles. The molecule has 1 fully saturated rings. The van der Waals surface area contributed by atoms with Crippen LogP contribution in [0, 0.1) is 11.7 Å². The van der Waals surface area contributed by atoms with Crippen LogP contribution in [0.2, 0.25) is 0 Å². The molecule has 0 amide bonds. The predicted octanol–water partition coefficient (Wildman–Crippen LogP) is 1.46. The smallest absolute Gasteiger partial charge is 0.488 e. The lowest BCUT2D eigenvalue weighted by Gasteiger charge is -2.27. The summed E-state index contributed by atoms with van der Waals surface area (Å²) >= 11 is 0. The van der Waals surface area contributed by atoms with Crippen molar-refractivity contribution in [3.05, 3.63) is 24.0 Å². The molecular formula is C13H18BFO3. The van der Waals surface area contributed by atoms with Crippen molar-refractivity contribution >= 4 is 12.6 Å². The Morgan fingerprint density at radius 3 is 2.72 bits per heavy atom. The van der Waals surface area contributed by atoms with E-state index in [9.17, 15) is 4.39 Å². The summed E-state index contributed by atoms with van der Waals surface area (Å²) in [5.74, 6) is 0.483. The van der Waals surface area contributed by atoms with Crippen LogP contribution < -0.4 is 10.2 Å². The molecule has 1 aromatic rings. The molecule has 2 atom stereocenters. The minimum atomic E-state index is -1.67. The Morgan fingerprint density at radius 1 is 1.28 bits per heavy atom. The van der Waals surface area contributed by atoms with E-state index in [0.717, 1.165) is 25.3 Å². The summed E-state index contributed by atoms with van der Waals surface area (Å²) in [5, 5.41) is 18.1. The molecule has 1 saturated carbocycles. The highest BCUT2D eigenvalue weighted by Crippen LogP contribution is 2.27. The molecule has 2 unspecified atom stereocenters. The highest BCUT2D eigenvalue weighted by Gasteiger charge is 2.21. The Hall–Kier alpha value is -1.07. The molecule has 3 nitrogen and oxygen atoms in total. The Morgan fingerprint density at radius 2 is 2.06 bits per heavy atom. The lowest BCUT2D eigenvalue weighted by Crippen LogP contribution is -2.31. The predicted molar refractivity (Wildman–Crippen MR) is 68.3 cm³/mol. The Labute approximate surface area is 107 Å². The summed E-state index contributed by atoms with van der Waals surface area (Å²) in [7, 11) is -1.67. The van der Waals surface area contributed by atoms with Crippen molar-refractivity contribution in [3.63, 3.8) is 0 Å². The number of hydrogen-bond donors (Lipinski definition) is 2. The van der Waals surface area contributed by atoms with Crippen LogP contribution in [0.25, 0.3) is 0 Å². The van der Waals surface area contributed by atoms with Crippen molar-refractivity contribution in [2.45, 2.75) is 38.7 Å². The van der Waals surface area contributed by atoms with E-state index in [1.54, 1.807) is 0 Å². The second kappa shape index (κ2) is 5.72. The molecular weight excluding hydrogens is 234 g/mol. The molecule has 1 aliphatic rings. The molecule has 0 heterocycles. The van der Waals surface area contributed by atoms with E-state index >= 15 is 0 Å². The average molecular weight is 252 g/mol. The molecule has 0 saturated heterocycles. The van der Waals surface area contributed by atoms with Gasteiger partial charge in [-0.15, -0.1) is 0 Å². The van der Waals surface area contributed by atoms with Crippen molar-refractivity contribution in [3.8, 4) is 5.75 Å². The molecule has 2 N–H and O–H groups in total. The molecule has 0 aromatic heterocycles. The van der Waals surface area contributed by atoms with Crippen molar-refractivity contribution in [2.75, 3.05) is 0 Å². The topological polar surface area (TPSA) is 49.7 Å². The number of hydrogen-bond acceptors (Lipinski definition) is 3. The zero-order valence-corrected chi connectivity index (χ0v) is 10.5. The molecule has 1 aromatic carbocycles. The van der Waals surface area contributed by atoms with E-state index in [-0.39, 0.29) is 11.6 Å². The third-order valence-electron chi connectivity index (χ3n) is 3.38. The van der Waals surface area contributed by atoms with E-state index in [0.29, 0.717) is 11.7 Å². The van der Waals surface area contributed by atoms with E-state index in [2.05, 4.69) is 6.92 Å². The molecule has 18 heavy (non-hydrogen) atoms. The zero-order chi connectivity index (χ0) is 13.1. The summed E-state index contributed by atoms with van der Waals surface area (Å²) in [5.41, 5.74) is 0.119. The van der Waals surface area contributed by atoms with Crippen LogP contribution in [-0.4, -0.2) is 23.3 Å². The molecule has 0 radical (unpaired) electrons. The first-order chi connectivity index (χ1) is 8.54. The Kier molecular flexibility index (Phi) is 4.25. The lowest BCUT2D eigenvalue weighted by atomic mass is 9.80. The maximum absolute atomic E-state index is 13.3. The highest BCUT2D eigenvalue weighted by molar-refractivity contribution is 6.58. The van der Waals surface area contributed by atoms with E-state index in [4.69, 9.17) is 14.8 Å². The van der Waals surface area contributed by atoms with E-state index < -0.39 is 12.9 Å². The van der Waals surface area contributed by atoms with Gasteiger partial charge in [-0.25, -0.2) is 4.39 Å². The molecule has 5 heteroatoms. The van der Waals surface area contributed by atoms with Gasteiger partial charge >= 0.3 is 7.12 Å². The number of ether oxygens (including phenoxy) is 1. The quantitative estimate of drug-likeness (QED) is 0.801. The normalized spacial score (nSPS) is 23.8. The van der Waals surface area contributed by atoms with Gasteiger partial charge in [0.05, 0.1) is 6.10 Å². The summed E-state index contributed by atoms with van der Waals surface area (Å²) in [6, 6.07) is 3.86. The van der Waals surface area contributed by atoms with Gasteiger partial charge in [0.15, 0.2) is 0 Å². The van der Waals surface area contributed by atoms with E-state index in [1.807, 2.05) is 0 Å². The summed E-state index contributed by atoms with van der Waals surface area (Å²) in [6.45, 7) is 2.18. The lowest BCUT2D eigenvalue weighted by molar-refractivity contribution is 0.129. The minimum absolute atomic E-state index is 0.0965. The van der Waals surface area contributed by atoms with Gasteiger partial charge in [0.1, 0.15) is 11.6 Å². The third kappa shape index (κ3) is 3.46. The SMILES string of the molecule is CC1CCCC(Oc2cc(F)cc(B(O)O)c2)C1. The van der Waals surface area contributed by atoms with Gasteiger partial charge in [0.25, 0.3) is 0 Å². The van der Waals surface area contributed by atoms with Crippen LogP contribution >= 0.6 is 0 Å². The van der Waals surface area contributed by atoms with E-state index in [1.165, 1.54) is 18.6 Å². The zero-order valence-electron chi connectivity index (χ0n) is 10.5. The first kappa shape index (κ1) is 13.4.